The molecule has 3 aromatic rings. The Balaban J connectivity index is 0.000000164. The van der Waals surface area contributed by atoms with Crippen LogP contribution in [0.3, 0.4) is 0 Å². The predicted octanol–water partition coefficient (Wildman–Crippen LogP) is 4.16. The lowest BCUT2D eigenvalue weighted by atomic mass is 10.2. The van der Waals surface area contributed by atoms with Crippen molar-refractivity contribution in [2.45, 2.75) is 37.8 Å². The highest BCUT2D eigenvalue weighted by Crippen LogP contribution is 2.37. The van der Waals surface area contributed by atoms with Gasteiger partial charge in [0, 0.05) is 26.2 Å². The molecule has 3 heterocycles. The van der Waals surface area contributed by atoms with Crippen LogP contribution in [-0.4, -0.2) is 68.4 Å². The van der Waals surface area contributed by atoms with Crippen molar-refractivity contribution in [1.29, 1.82) is 0 Å². The Kier molecular flexibility index (Phi) is 9.85. The topological polar surface area (TPSA) is 115 Å². The second-order valence-corrected chi connectivity index (χ2v) is 9.79. The third-order valence-electron chi connectivity index (χ3n) is 4.63. The molecule has 2 N–H and O–H groups in total. The number of Topliss-reactive ketones (excluding diaryl/α,β-unsaturated/α-hetero) is 1. The monoisotopic (exact) mass is 590 g/mol. The van der Waals surface area contributed by atoms with Crippen molar-refractivity contribution >= 4 is 44.0 Å². The summed E-state index contributed by atoms with van der Waals surface area (Å²) < 4.78 is 3.59. The Hall–Kier alpha value is -2.50. The second-order valence-electron chi connectivity index (χ2n) is 8.16. The van der Waals surface area contributed by atoms with Gasteiger partial charge in [0.15, 0.2) is 5.82 Å². The van der Waals surface area contributed by atoms with Crippen molar-refractivity contribution < 1.29 is 4.79 Å². The van der Waals surface area contributed by atoms with E-state index >= 15 is 0 Å². The zero-order valence-electron chi connectivity index (χ0n) is 19.2. The molecule has 5 rings (SSSR count). The van der Waals surface area contributed by atoms with Gasteiger partial charge in [-0.15, -0.1) is 10.2 Å². The van der Waals surface area contributed by atoms with Crippen LogP contribution in [0.5, 0.6) is 0 Å². The van der Waals surface area contributed by atoms with Crippen molar-refractivity contribution in [1.82, 2.24) is 29.6 Å². The Morgan fingerprint density at radius 2 is 1.76 bits per heavy atom. The molecule has 0 amide bonds. The maximum atomic E-state index is 11.6. The van der Waals surface area contributed by atoms with E-state index in [1.807, 2.05) is 32.3 Å². The number of carbonyl (C=O) groups excluding carboxylic acids is 1. The van der Waals surface area contributed by atoms with E-state index in [9.17, 15) is 4.79 Å². The lowest BCUT2D eigenvalue weighted by Crippen LogP contribution is -2.11. The van der Waals surface area contributed by atoms with Crippen LogP contribution in [0.2, 0.25) is 0 Å². The number of nitrogens with zero attached hydrogens (tertiary/aromatic N) is 7. The van der Waals surface area contributed by atoms with Crippen molar-refractivity contribution in [3.8, 4) is 11.5 Å². The van der Waals surface area contributed by atoms with Crippen molar-refractivity contribution in [2.75, 3.05) is 20.6 Å². The number of aromatic nitrogens is 5. The van der Waals surface area contributed by atoms with Crippen LogP contribution in [0.4, 0.5) is 0 Å². The molecular weight excluding hydrogens is 564 g/mol. The molecular formula is C23H28Br2N8O. The maximum absolute atomic E-state index is 11.6. The summed E-state index contributed by atoms with van der Waals surface area (Å²) in [5.41, 5.74) is 6.52. The summed E-state index contributed by atoms with van der Waals surface area (Å²) in [5, 5.41) is 8.07. The molecule has 2 aliphatic carbocycles. The quantitative estimate of drug-likeness (QED) is 0.198. The van der Waals surface area contributed by atoms with Gasteiger partial charge < -0.3 is 15.2 Å². The zero-order valence-corrected chi connectivity index (χ0v) is 22.4. The first-order valence-corrected chi connectivity index (χ1v) is 12.5. The second kappa shape index (κ2) is 12.8. The number of ketones is 1. The molecule has 0 atom stereocenters. The van der Waals surface area contributed by atoms with Gasteiger partial charge in [0.05, 0.1) is 6.34 Å². The minimum Gasteiger partial charge on any atom is -0.369 e. The van der Waals surface area contributed by atoms with E-state index in [4.69, 9.17) is 5.73 Å². The summed E-state index contributed by atoms with van der Waals surface area (Å²) in [6.07, 6.45) is 8.36. The smallest absolute Gasteiger partial charge is 0.202 e. The Morgan fingerprint density at radius 3 is 2.32 bits per heavy atom. The lowest BCUT2D eigenvalue weighted by Gasteiger charge is -2.03. The molecule has 2 fully saturated rings. The van der Waals surface area contributed by atoms with E-state index in [1.165, 1.54) is 25.7 Å². The minimum absolute atomic E-state index is 0.0885. The fraction of sp³-hybridized carbons (Fsp3) is 0.391. The highest BCUT2D eigenvalue weighted by Gasteiger charge is 2.26. The summed E-state index contributed by atoms with van der Waals surface area (Å²) >= 11 is 6.57. The SMILES string of the molecule is Brc1cccc(-c2nncn2C2CC2)n1.CN(C)C=NCC(=O)c1cccc(Br)n1.NC1CC1. The number of hydrogen-bond acceptors (Lipinski definition) is 7. The van der Waals surface area contributed by atoms with Gasteiger partial charge in [-0.1, -0.05) is 12.1 Å². The van der Waals surface area contributed by atoms with Crippen LogP contribution in [0.15, 0.2) is 56.9 Å². The Bertz CT molecular complexity index is 1110. The van der Waals surface area contributed by atoms with E-state index in [-0.39, 0.29) is 12.3 Å². The molecule has 0 bridgehead atoms. The molecule has 180 valence electrons. The molecule has 3 aromatic heterocycles. The van der Waals surface area contributed by atoms with Crippen LogP contribution < -0.4 is 5.73 Å². The first kappa shape index (κ1) is 26.1. The van der Waals surface area contributed by atoms with Gasteiger partial charge in [-0.25, -0.2) is 9.97 Å². The molecule has 9 nitrogen and oxygen atoms in total. The van der Waals surface area contributed by atoms with E-state index in [1.54, 1.807) is 35.8 Å². The van der Waals surface area contributed by atoms with Crippen molar-refractivity contribution in [3.63, 3.8) is 0 Å². The van der Waals surface area contributed by atoms with Gasteiger partial charge in [0.1, 0.15) is 33.5 Å². The van der Waals surface area contributed by atoms with E-state index in [2.05, 4.69) is 61.6 Å². The van der Waals surface area contributed by atoms with E-state index < -0.39 is 0 Å². The molecule has 2 saturated carbocycles. The maximum Gasteiger partial charge on any atom is 0.202 e. The minimum atomic E-state index is -0.0885. The molecule has 34 heavy (non-hydrogen) atoms. The summed E-state index contributed by atoms with van der Waals surface area (Å²) in [6.45, 7) is 0.127. The number of nitrogens with two attached hydrogens (primary N) is 1. The van der Waals surface area contributed by atoms with Gasteiger partial charge >= 0.3 is 0 Å². The van der Waals surface area contributed by atoms with Crippen molar-refractivity contribution in [3.05, 3.63) is 57.6 Å². The largest absolute Gasteiger partial charge is 0.369 e. The summed E-state index contributed by atoms with van der Waals surface area (Å²) in [4.78, 5) is 25.7. The Labute approximate surface area is 216 Å². The first-order chi connectivity index (χ1) is 16.3. The Morgan fingerprint density at radius 1 is 1.12 bits per heavy atom. The molecule has 11 heteroatoms. The number of pyridine rings is 2. The van der Waals surface area contributed by atoms with Gasteiger partial charge in [0.2, 0.25) is 5.78 Å². The third kappa shape index (κ3) is 9.03. The first-order valence-electron chi connectivity index (χ1n) is 10.9. The fourth-order valence-corrected chi connectivity index (χ4v) is 3.29. The molecule has 0 aliphatic heterocycles. The average molecular weight is 592 g/mol. The zero-order chi connectivity index (χ0) is 24.5. The van der Waals surface area contributed by atoms with Crippen LogP contribution in [0.25, 0.3) is 11.5 Å². The predicted molar refractivity (Wildman–Crippen MR) is 140 cm³/mol. The van der Waals surface area contributed by atoms with Gasteiger partial charge in [-0.3, -0.25) is 9.79 Å². The van der Waals surface area contributed by atoms with Crippen LogP contribution in [-0.2, 0) is 0 Å². The standard InChI is InChI=1S/C10H9BrN4.C10H12BrN3O.C3H7N/c11-9-3-1-2-8(13-9)10-14-12-6-15(10)7-4-5-7;1-14(2)7-12-6-9(15)8-4-3-5-10(11)13-8;4-3-1-2-3/h1-3,6-7H,4-5H2;3-5,7H,6H2,1-2H3;3H,1-2,4H2. The molecule has 0 unspecified atom stereocenters. The van der Waals surface area contributed by atoms with Crippen LogP contribution >= 0.6 is 31.9 Å². The highest BCUT2D eigenvalue weighted by molar-refractivity contribution is 9.10. The van der Waals surface area contributed by atoms with E-state index in [0.29, 0.717) is 22.4 Å². The molecule has 0 spiro atoms. The summed E-state index contributed by atoms with van der Waals surface area (Å²) in [5.74, 6) is 0.771. The number of rotatable bonds is 6. The number of aliphatic imine (C=N–C) groups is 1. The summed E-state index contributed by atoms with van der Waals surface area (Å²) in [6, 6.07) is 12.2. The number of hydrogen-bond donors (Lipinski definition) is 1. The molecule has 0 aromatic carbocycles. The molecule has 0 saturated heterocycles. The van der Waals surface area contributed by atoms with E-state index in [0.717, 1.165) is 16.1 Å². The highest BCUT2D eigenvalue weighted by atomic mass is 79.9. The molecule has 2 aliphatic rings. The van der Waals surface area contributed by atoms with Gasteiger partial charge in [0.25, 0.3) is 0 Å². The number of carbonyl (C=O) groups is 1. The van der Waals surface area contributed by atoms with Gasteiger partial charge in [-0.05, 0) is 81.8 Å². The molecule has 0 radical (unpaired) electrons. The van der Waals surface area contributed by atoms with Crippen LogP contribution in [0, 0.1) is 0 Å². The van der Waals surface area contributed by atoms with Gasteiger partial charge in [-0.2, -0.15) is 0 Å². The third-order valence-corrected chi connectivity index (χ3v) is 5.51. The van der Waals surface area contributed by atoms with Crippen LogP contribution in [0.1, 0.15) is 42.2 Å². The fourth-order valence-electron chi connectivity index (χ4n) is 2.61. The summed E-state index contributed by atoms with van der Waals surface area (Å²) in [7, 11) is 3.71. The van der Waals surface area contributed by atoms with Crippen molar-refractivity contribution in [2.24, 2.45) is 10.7 Å². The number of halogens is 2. The lowest BCUT2D eigenvalue weighted by molar-refractivity contribution is 0.0997. The average Bonchev–Trinajstić information content (AvgIpc) is 3.74. The normalized spacial score (nSPS) is 14.6.